The standard InChI is InChI=1S/C17H23N3O/c1-4-21-11-9-15-14-8-10-18-17(14)20(19-15)16-7-5-6-12(2)13(16)3/h5-7,18H,4,8-11H2,1-3H3. The lowest BCUT2D eigenvalue weighted by atomic mass is 10.1. The Kier molecular flexibility index (Phi) is 3.97. The third-order valence-electron chi connectivity index (χ3n) is 4.23. The van der Waals surface area contributed by atoms with E-state index in [9.17, 15) is 0 Å². The van der Waals surface area contributed by atoms with Crippen LogP contribution in [0.5, 0.6) is 0 Å². The monoisotopic (exact) mass is 285 g/mol. The number of aromatic nitrogens is 2. The summed E-state index contributed by atoms with van der Waals surface area (Å²) in [6.45, 7) is 8.84. The zero-order chi connectivity index (χ0) is 14.8. The van der Waals surface area contributed by atoms with E-state index in [2.05, 4.69) is 42.0 Å². The Bertz CT molecular complexity index is 646. The van der Waals surface area contributed by atoms with Crippen LogP contribution < -0.4 is 5.32 Å². The third kappa shape index (κ3) is 2.56. The first-order chi connectivity index (χ1) is 10.2. The number of benzene rings is 1. The summed E-state index contributed by atoms with van der Waals surface area (Å²) in [4.78, 5) is 0. The molecule has 0 fully saturated rings. The van der Waals surface area contributed by atoms with Crippen LogP contribution in [0.25, 0.3) is 5.69 Å². The highest BCUT2D eigenvalue weighted by molar-refractivity contribution is 5.59. The highest BCUT2D eigenvalue weighted by atomic mass is 16.5. The summed E-state index contributed by atoms with van der Waals surface area (Å²) < 4.78 is 7.56. The number of nitrogens with one attached hydrogen (secondary N) is 1. The van der Waals surface area contributed by atoms with Gasteiger partial charge in [0.25, 0.3) is 0 Å². The third-order valence-corrected chi connectivity index (χ3v) is 4.23. The lowest BCUT2D eigenvalue weighted by Gasteiger charge is -2.11. The molecule has 2 heterocycles. The molecule has 0 unspecified atom stereocenters. The van der Waals surface area contributed by atoms with Gasteiger partial charge in [-0.1, -0.05) is 12.1 Å². The van der Waals surface area contributed by atoms with E-state index in [-0.39, 0.29) is 0 Å². The molecule has 0 spiro atoms. The molecular formula is C17H23N3O. The number of hydrogen-bond donors (Lipinski definition) is 1. The van der Waals surface area contributed by atoms with Crippen molar-refractivity contribution in [2.75, 3.05) is 25.1 Å². The maximum atomic E-state index is 5.49. The molecule has 4 nitrogen and oxygen atoms in total. The van der Waals surface area contributed by atoms with Crippen LogP contribution in [0.2, 0.25) is 0 Å². The predicted molar refractivity (Wildman–Crippen MR) is 85.4 cm³/mol. The van der Waals surface area contributed by atoms with Crippen molar-refractivity contribution >= 4 is 5.82 Å². The Morgan fingerprint density at radius 1 is 1.33 bits per heavy atom. The van der Waals surface area contributed by atoms with Crippen LogP contribution in [0.15, 0.2) is 18.2 Å². The molecule has 112 valence electrons. The first-order valence-corrected chi connectivity index (χ1v) is 7.71. The minimum absolute atomic E-state index is 0.743. The Balaban J connectivity index is 1.99. The maximum Gasteiger partial charge on any atom is 0.133 e. The van der Waals surface area contributed by atoms with Crippen LogP contribution in [-0.2, 0) is 17.6 Å². The van der Waals surface area contributed by atoms with Crippen LogP contribution in [0.4, 0.5) is 5.82 Å². The molecule has 2 aromatic rings. The molecule has 0 amide bonds. The number of anilines is 1. The second-order valence-corrected chi connectivity index (χ2v) is 5.53. The maximum absolute atomic E-state index is 5.49. The van der Waals surface area contributed by atoms with E-state index >= 15 is 0 Å². The molecule has 1 N–H and O–H groups in total. The molecule has 0 aliphatic carbocycles. The molecular weight excluding hydrogens is 262 g/mol. The number of hydrogen-bond acceptors (Lipinski definition) is 3. The second kappa shape index (κ2) is 5.90. The van der Waals surface area contributed by atoms with Crippen molar-refractivity contribution < 1.29 is 4.74 Å². The summed E-state index contributed by atoms with van der Waals surface area (Å²) >= 11 is 0. The van der Waals surface area contributed by atoms with Gasteiger partial charge in [0.2, 0.25) is 0 Å². The fourth-order valence-electron chi connectivity index (χ4n) is 2.90. The Morgan fingerprint density at radius 2 is 2.19 bits per heavy atom. The van der Waals surface area contributed by atoms with Gasteiger partial charge in [-0.05, 0) is 44.4 Å². The quantitative estimate of drug-likeness (QED) is 0.858. The number of ether oxygens (including phenoxy) is 1. The lowest BCUT2D eigenvalue weighted by molar-refractivity contribution is 0.150. The van der Waals surface area contributed by atoms with Crippen molar-refractivity contribution in [3.63, 3.8) is 0 Å². The van der Waals surface area contributed by atoms with Crippen LogP contribution in [0.3, 0.4) is 0 Å². The van der Waals surface area contributed by atoms with E-state index in [0.29, 0.717) is 0 Å². The molecule has 0 radical (unpaired) electrons. The smallest absolute Gasteiger partial charge is 0.133 e. The average molecular weight is 285 g/mol. The van der Waals surface area contributed by atoms with Gasteiger partial charge in [0.15, 0.2) is 0 Å². The molecule has 0 atom stereocenters. The molecule has 3 rings (SSSR count). The van der Waals surface area contributed by atoms with Gasteiger partial charge in [0.1, 0.15) is 5.82 Å². The van der Waals surface area contributed by atoms with Gasteiger partial charge in [-0.15, -0.1) is 0 Å². The van der Waals surface area contributed by atoms with Gasteiger partial charge in [-0.2, -0.15) is 5.10 Å². The number of rotatable bonds is 5. The van der Waals surface area contributed by atoms with Gasteiger partial charge in [0, 0.05) is 25.1 Å². The summed E-state index contributed by atoms with van der Waals surface area (Å²) in [7, 11) is 0. The van der Waals surface area contributed by atoms with Crippen molar-refractivity contribution in [3.05, 3.63) is 40.6 Å². The van der Waals surface area contributed by atoms with Crippen LogP contribution in [-0.4, -0.2) is 29.5 Å². The molecule has 1 aliphatic rings. The summed E-state index contributed by atoms with van der Waals surface area (Å²) in [5, 5.41) is 8.33. The molecule has 1 aromatic carbocycles. The first-order valence-electron chi connectivity index (χ1n) is 7.71. The fraction of sp³-hybridized carbons (Fsp3) is 0.471. The Morgan fingerprint density at radius 3 is 3.00 bits per heavy atom. The van der Waals surface area contributed by atoms with Crippen molar-refractivity contribution in [1.82, 2.24) is 9.78 Å². The van der Waals surface area contributed by atoms with E-state index in [1.807, 2.05) is 6.92 Å². The summed E-state index contributed by atoms with van der Waals surface area (Å²) in [5.74, 6) is 1.16. The normalized spacial score (nSPS) is 13.3. The fourth-order valence-corrected chi connectivity index (χ4v) is 2.90. The van der Waals surface area contributed by atoms with Gasteiger partial charge < -0.3 is 10.1 Å². The predicted octanol–water partition coefficient (Wildman–Crippen LogP) is 3.04. The topological polar surface area (TPSA) is 39.1 Å². The van der Waals surface area contributed by atoms with E-state index in [0.717, 1.165) is 38.4 Å². The molecule has 21 heavy (non-hydrogen) atoms. The second-order valence-electron chi connectivity index (χ2n) is 5.53. The molecule has 4 heteroatoms. The zero-order valence-electron chi connectivity index (χ0n) is 13.1. The Labute approximate surface area is 126 Å². The van der Waals surface area contributed by atoms with Gasteiger partial charge in [-0.3, -0.25) is 0 Å². The number of nitrogens with zero attached hydrogens (tertiary/aromatic N) is 2. The van der Waals surface area contributed by atoms with Gasteiger partial charge >= 0.3 is 0 Å². The van der Waals surface area contributed by atoms with E-state index in [1.165, 1.54) is 28.1 Å². The first kappa shape index (κ1) is 14.1. The summed E-state index contributed by atoms with van der Waals surface area (Å²) in [5.41, 5.74) is 6.28. The highest BCUT2D eigenvalue weighted by Gasteiger charge is 2.23. The van der Waals surface area contributed by atoms with Crippen LogP contribution in [0.1, 0.15) is 29.3 Å². The van der Waals surface area contributed by atoms with E-state index in [1.54, 1.807) is 0 Å². The van der Waals surface area contributed by atoms with Crippen molar-refractivity contribution in [3.8, 4) is 5.69 Å². The van der Waals surface area contributed by atoms with E-state index < -0.39 is 0 Å². The van der Waals surface area contributed by atoms with Crippen molar-refractivity contribution in [2.45, 2.75) is 33.6 Å². The highest BCUT2D eigenvalue weighted by Crippen LogP contribution is 2.30. The minimum Gasteiger partial charge on any atom is -0.381 e. The molecule has 0 saturated heterocycles. The lowest BCUT2D eigenvalue weighted by Crippen LogP contribution is -2.07. The number of aryl methyl sites for hydroxylation is 1. The summed E-state index contributed by atoms with van der Waals surface area (Å²) in [6, 6.07) is 6.38. The molecule has 1 aromatic heterocycles. The average Bonchev–Trinajstić information content (AvgIpc) is 3.06. The van der Waals surface area contributed by atoms with Gasteiger partial charge in [0.05, 0.1) is 18.0 Å². The Hall–Kier alpha value is -1.81. The van der Waals surface area contributed by atoms with Gasteiger partial charge in [-0.25, -0.2) is 4.68 Å². The molecule has 1 aliphatic heterocycles. The zero-order valence-corrected chi connectivity index (χ0v) is 13.1. The van der Waals surface area contributed by atoms with Crippen molar-refractivity contribution in [1.29, 1.82) is 0 Å². The largest absolute Gasteiger partial charge is 0.381 e. The summed E-state index contributed by atoms with van der Waals surface area (Å²) in [6.07, 6.45) is 1.94. The van der Waals surface area contributed by atoms with Crippen LogP contribution >= 0.6 is 0 Å². The minimum atomic E-state index is 0.743. The van der Waals surface area contributed by atoms with Crippen molar-refractivity contribution in [2.24, 2.45) is 0 Å². The SMILES string of the molecule is CCOCCc1nn(-c2cccc(C)c2C)c2c1CCN2. The molecule has 0 bridgehead atoms. The number of fused-ring (bicyclic) bond motifs is 1. The van der Waals surface area contributed by atoms with E-state index in [4.69, 9.17) is 9.84 Å². The van der Waals surface area contributed by atoms with Crippen LogP contribution in [0, 0.1) is 13.8 Å². The molecule has 0 saturated carbocycles.